The van der Waals surface area contributed by atoms with E-state index in [1.54, 1.807) is 18.4 Å². The van der Waals surface area contributed by atoms with E-state index in [2.05, 4.69) is 5.32 Å². The van der Waals surface area contributed by atoms with Crippen LogP contribution in [-0.4, -0.2) is 33.3 Å². The van der Waals surface area contributed by atoms with Gasteiger partial charge in [-0.3, -0.25) is 4.21 Å². The average Bonchev–Trinajstić information content (AvgIpc) is 2.19. The third-order valence-electron chi connectivity index (χ3n) is 2.38. The van der Waals surface area contributed by atoms with Gasteiger partial charge in [0.05, 0.1) is 11.3 Å². The Balaban J connectivity index is 2.96. The van der Waals surface area contributed by atoms with E-state index in [9.17, 15) is 9.00 Å². The Morgan fingerprint density at radius 2 is 2.18 bits per heavy atom. The molecule has 2 N–H and O–H groups in total. The zero-order valence-electron chi connectivity index (χ0n) is 10.2. The van der Waals surface area contributed by atoms with Crippen molar-refractivity contribution in [2.45, 2.75) is 19.9 Å². The summed E-state index contributed by atoms with van der Waals surface area (Å²) in [7, 11) is -0.903. The molecular formula is C12H17NO3S. The topological polar surface area (TPSA) is 66.4 Å². The summed E-state index contributed by atoms with van der Waals surface area (Å²) in [5.74, 6) is -0.464. The number of hydrogen-bond donors (Lipinski definition) is 2. The normalized spacial score (nSPS) is 14.1. The third-order valence-corrected chi connectivity index (χ3v) is 3.35. The highest BCUT2D eigenvalue weighted by Gasteiger charge is 2.14. The van der Waals surface area contributed by atoms with Crippen molar-refractivity contribution >= 4 is 22.5 Å². The molecule has 0 aromatic heterocycles. The second kappa shape index (κ2) is 5.82. The lowest BCUT2D eigenvalue weighted by Crippen LogP contribution is -2.24. The molecule has 1 aromatic rings. The number of aryl methyl sites for hydroxylation is 1. The molecule has 17 heavy (non-hydrogen) atoms. The van der Waals surface area contributed by atoms with Gasteiger partial charge in [0.15, 0.2) is 0 Å². The quantitative estimate of drug-likeness (QED) is 0.843. The molecule has 0 spiro atoms. The zero-order chi connectivity index (χ0) is 13.0. The van der Waals surface area contributed by atoms with Crippen LogP contribution in [0.2, 0.25) is 0 Å². The molecule has 0 radical (unpaired) electrons. The van der Waals surface area contributed by atoms with Crippen LogP contribution in [0.5, 0.6) is 0 Å². The number of rotatable bonds is 5. The Morgan fingerprint density at radius 3 is 2.71 bits per heavy atom. The highest BCUT2D eigenvalue weighted by Crippen LogP contribution is 2.21. The predicted molar refractivity (Wildman–Crippen MR) is 70.2 cm³/mol. The standard InChI is InChI=1S/C12H17NO3S/c1-8-5-4-6-10(12(14)15)11(8)13-9(2)7-17(3)16/h4-6,9,13H,7H2,1-3H3,(H,14,15). The van der Waals surface area contributed by atoms with E-state index in [-0.39, 0.29) is 11.6 Å². The van der Waals surface area contributed by atoms with Crippen molar-refractivity contribution in [2.24, 2.45) is 0 Å². The van der Waals surface area contributed by atoms with E-state index in [4.69, 9.17) is 5.11 Å². The van der Waals surface area contributed by atoms with E-state index in [1.165, 1.54) is 0 Å². The van der Waals surface area contributed by atoms with E-state index in [1.807, 2.05) is 19.9 Å². The lowest BCUT2D eigenvalue weighted by atomic mass is 10.1. The van der Waals surface area contributed by atoms with Crippen molar-refractivity contribution in [1.29, 1.82) is 0 Å². The Kier molecular flexibility index (Phi) is 4.69. The van der Waals surface area contributed by atoms with Gasteiger partial charge in [0.2, 0.25) is 0 Å². The molecule has 0 saturated heterocycles. The van der Waals surface area contributed by atoms with Gasteiger partial charge < -0.3 is 10.4 Å². The van der Waals surface area contributed by atoms with Gasteiger partial charge in [0.1, 0.15) is 0 Å². The Hall–Kier alpha value is -1.36. The molecule has 0 aliphatic heterocycles. The number of carbonyl (C=O) groups is 1. The molecule has 0 bridgehead atoms. The maximum absolute atomic E-state index is 11.1. The van der Waals surface area contributed by atoms with Gasteiger partial charge in [-0.1, -0.05) is 12.1 Å². The summed E-state index contributed by atoms with van der Waals surface area (Å²) in [6, 6.07) is 5.10. The first kappa shape index (κ1) is 13.7. The van der Waals surface area contributed by atoms with Crippen LogP contribution in [0.3, 0.4) is 0 Å². The second-order valence-electron chi connectivity index (χ2n) is 4.09. The Morgan fingerprint density at radius 1 is 1.53 bits per heavy atom. The lowest BCUT2D eigenvalue weighted by molar-refractivity contribution is 0.0698. The first-order valence-electron chi connectivity index (χ1n) is 5.31. The summed E-state index contributed by atoms with van der Waals surface area (Å²) in [5, 5.41) is 12.2. The largest absolute Gasteiger partial charge is 0.478 e. The molecule has 94 valence electrons. The van der Waals surface area contributed by atoms with Crippen molar-refractivity contribution < 1.29 is 14.1 Å². The van der Waals surface area contributed by atoms with Crippen LogP contribution in [0.25, 0.3) is 0 Å². The molecule has 0 saturated carbocycles. The summed E-state index contributed by atoms with van der Waals surface area (Å²) in [6.07, 6.45) is 1.63. The van der Waals surface area contributed by atoms with Crippen molar-refractivity contribution in [2.75, 3.05) is 17.3 Å². The van der Waals surface area contributed by atoms with Gasteiger partial charge >= 0.3 is 5.97 Å². The van der Waals surface area contributed by atoms with Crippen molar-refractivity contribution in [3.05, 3.63) is 29.3 Å². The molecule has 5 heteroatoms. The number of nitrogens with one attached hydrogen (secondary N) is 1. The molecule has 0 aliphatic carbocycles. The highest BCUT2D eigenvalue weighted by atomic mass is 32.2. The van der Waals surface area contributed by atoms with Gasteiger partial charge in [-0.25, -0.2) is 4.79 Å². The minimum atomic E-state index is -0.957. The van der Waals surface area contributed by atoms with Crippen LogP contribution in [0.1, 0.15) is 22.8 Å². The fourth-order valence-electron chi connectivity index (χ4n) is 1.68. The average molecular weight is 255 g/mol. The second-order valence-corrected chi connectivity index (χ2v) is 5.57. The molecule has 1 rings (SSSR count). The van der Waals surface area contributed by atoms with E-state index in [0.717, 1.165) is 5.56 Å². The van der Waals surface area contributed by atoms with Crippen LogP contribution in [-0.2, 0) is 10.8 Å². The van der Waals surface area contributed by atoms with Crippen LogP contribution >= 0.6 is 0 Å². The fourth-order valence-corrected chi connectivity index (χ4v) is 2.47. The number of benzene rings is 1. The summed E-state index contributed by atoms with van der Waals surface area (Å²) in [4.78, 5) is 11.1. The smallest absolute Gasteiger partial charge is 0.337 e. The maximum Gasteiger partial charge on any atom is 0.337 e. The molecule has 0 heterocycles. The molecule has 0 fully saturated rings. The van der Waals surface area contributed by atoms with Gasteiger partial charge in [-0.2, -0.15) is 0 Å². The minimum Gasteiger partial charge on any atom is -0.478 e. The number of para-hydroxylation sites is 1. The van der Waals surface area contributed by atoms with Gasteiger partial charge in [0.25, 0.3) is 0 Å². The predicted octanol–water partition coefficient (Wildman–Crippen LogP) is 1.87. The van der Waals surface area contributed by atoms with Crippen molar-refractivity contribution in [3.8, 4) is 0 Å². The maximum atomic E-state index is 11.1. The minimum absolute atomic E-state index is 0.0277. The van der Waals surface area contributed by atoms with Crippen molar-refractivity contribution in [1.82, 2.24) is 0 Å². The van der Waals surface area contributed by atoms with Crippen LogP contribution < -0.4 is 5.32 Å². The Bertz CT molecular complexity index is 445. The number of carboxylic acids is 1. The summed E-state index contributed by atoms with van der Waals surface area (Å²) in [6.45, 7) is 3.74. The number of hydrogen-bond acceptors (Lipinski definition) is 3. The molecule has 2 unspecified atom stereocenters. The molecule has 0 aliphatic rings. The first-order valence-corrected chi connectivity index (χ1v) is 7.04. The molecule has 1 aromatic carbocycles. The first-order chi connectivity index (χ1) is 7.91. The lowest BCUT2D eigenvalue weighted by Gasteiger charge is -2.17. The van der Waals surface area contributed by atoms with Gasteiger partial charge in [-0.05, 0) is 25.5 Å². The molecule has 2 atom stereocenters. The monoisotopic (exact) mass is 255 g/mol. The van der Waals surface area contributed by atoms with Crippen LogP contribution in [0.15, 0.2) is 18.2 Å². The van der Waals surface area contributed by atoms with Gasteiger partial charge in [0, 0.05) is 28.9 Å². The van der Waals surface area contributed by atoms with E-state index >= 15 is 0 Å². The number of anilines is 1. The molecule has 0 amide bonds. The molecule has 4 nitrogen and oxygen atoms in total. The van der Waals surface area contributed by atoms with E-state index < -0.39 is 16.8 Å². The van der Waals surface area contributed by atoms with Crippen LogP contribution in [0.4, 0.5) is 5.69 Å². The van der Waals surface area contributed by atoms with Crippen molar-refractivity contribution in [3.63, 3.8) is 0 Å². The molecular weight excluding hydrogens is 238 g/mol. The van der Waals surface area contributed by atoms with E-state index in [0.29, 0.717) is 11.4 Å². The number of aromatic carboxylic acids is 1. The summed E-state index contributed by atoms with van der Waals surface area (Å²) in [5.41, 5.74) is 1.73. The Labute approximate surface area is 104 Å². The van der Waals surface area contributed by atoms with Gasteiger partial charge in [-0.15, -0.1) is 0 Å². The SMILES string of the molecule is Cc1cccc(C(=O)O)c1NC(C)CS(C)=O. The fraction of sp³-hybridized carbons (Fsp3) is 0.417. The number of carboxylic acid groups (broad SMARTS) is 1. The third kappa shape index (κ3) is 3.85. The van der Waals surface area contributed by atoms with Crippen LogP contribution in [0, 0.1) is 6.92 Å². The summed E-state index contributed by atoms with van der Waals surface area (Å²) >= 11 is 0. The highest BCUT2D eigenvalue weighted by molar-refractivity contribution is 7.84. The zero-order valence-corrected chi connectivity index (χ0v) is 11.0. The summed E-state index contributed by atoms with van der Waals surface area (Å²) < 4.78 is 11.1.